The summed E-state index contributed by atoms with van der Waals surface area (Å²) < 4.78 is 13.3. The van der Waals surface area contributed by atoms with E-state index in [9.17, 15) is 14.4 Å². The number of fused-ring (bicyclic) bond motifs is 1. The van der Waals surface area contributed by atoms with Crippen molar-refractivity contribution in [2.45, 2.75) is 33.1 Å². The molecule has 0 aliphatic heterocycles. The second kappa shape index (κ2) is 10.6. The van der Waals surface area contributed by atoms with Gasteiger partial charge in [0.1, 0.15) is 12.4 Å². The van der Waals surface area contributed by atoms with E-state index < -0.39 is 23.1 Å². The molecule has 0 aliphatic carbocycles. The van der Waals surface area contributed by atoms with E-state index >= 15 is 0 Å². The summed E-state index contributed by atoms with van der Waals surface area (Å²) in [5.74, 6) is -1.08. The summed E-state index contributed by atoms with van der Waals surface area (Å²) in [4.78, 5) is 37.3. The van der Waals surface area contributed by atoms with E-state index in [0.717, 1.165) is 11.1 Å². The minimum Gasteiger partial charge on any atom is -0.478 e. The van der Waals surface area contributed by atoms with Crippen LogP contribution in [0.2, 0.25) is 0 Å². The summed E-state index contributed by atoms with van der Waals surface area (Å²) in [5.41, 5.74) is 3.31. The van der Waals surface area contributed by atoms with Gasteiger partial charge in [0.15, 0.2) is 6.10 Å². The van der Waals surface area contributed by atoms with E-state index in [1.54, 1.807) is 26.0 Å². The molecule has 0 fully saturated rings. The van der Waals surface area contributed by atoms with Gasteiger partial charge in [-0.25, -0.2) is 4.79 Å². The minimum absolute atomic E-state index is 0.120. The van der Waals surface area contributed by atoms with Crippen molar-refractivity contribution in [1.29, 1.82) is 0 Å². The van der Waals surface area contributed by atoms with Crippen molar-refractivity contribution >= 4 is 39.5 Å². The number of hydrogen-bond acceptors (Lipinski definition) is 5. The predicted octanol–water partition coefficient (Wildman–Crippen LogP) is 5.46. The first kappa shape index (κ1) is 24.2. The second-order valence-corrected chi connectivity index (χ2v) is 8.48. The molecule has 4 aromatic rings. The molecular weight excluding hydrogens is 466 g/mol. The topological polar surface area (TPSA) is 74.6 Å². The highest BCUT2D eigenvalue weighted by Gasteiger charge is 2.28. The Morgan fingerprint density at radius 2 is 1.51 bits per heavy atom. The molecule has 7 heteroatoms. The zero-order valence-corrected chi connectivity index (χ0v) is 20.1. The number of benzene rings is 3. The molecule has 6 nitrogen and oxygen atoms in total. The summed E-state index contributed by atoms with van der Waals surface area (Å²) in [6.07, 6.45) is -0.947. The Hall–Kier alpha value is -3.90. The lowest BCUT2D eigenvalue weighted by molar-refractivity contribution is -0.152. The smallest absolute Gasteiger partial charge is 0.347 e. The maximum Gasteiger partial charge on any atom is 0.347 e. The van der Waals surface area contributed by atoms with Crippen LogP contribution in [0, 0.1) is 6.92 Å². The van der Waals surface area contributed by atoms with Crippen LogP contribution in [0.15, 0.2) is 78.9 Å². The number of rotatable bonds is 9. The van der Waals surface area contributed by atoms with Gasteiger partial charge in [-0.2, -0.15) is 0 Å². The average molecular weight is 490 g/mol. The Morgan fingerprint density at radius 3 is 2.14 bits per heavy atom. The standard InChI is InChI=1S/C28H24ClNO5/c1-18-24(26(31)27(29)32)25-22(30(18)16-20-10-5-3-6-11-20)14-9-15-23(25)35-19(2)28(33)34-17-21-12-7-4-8-13-21/h3-15,19H,16-17H2,1-2H3/t19-/m1/s1. The minimum atomic E-state index is -1.09. The number of Topliss-reactive ketones (excluding diaryl/α,β-unsaturated/α-hetero) is 1. The molecule has 0 amide bonds. The Bertz CT molecular complexity index is 1380. The van der Waals surface area contributed by atoms with Gasteiger partial charge >= 0.3 is 5.97 Å². The normalized spacial score (nSPS) is 11.7. The van der Waals surface area contributed by atoms with Gasteiger partial charge in [0.25, 0.3) is 5.24 Å². The molecule has 4 rings (SSSR count). The van der Waals surface area contributed by atoms with Crippen molar-refractivity contribution in [3.63, 3.8) is 0 Å². The van der Waals surface area contributed by atoms with E-state index in [1.165, 1.54) is 0 Å². The van der Waals surface area contributed by atoms with Gasteiger partial charge in [-0.1, -0.05) is 66.7 Å². The molecule has 3 aromatic carbocycles. The molecule has 0 bridgehead atoms. The lowest BCUT2D eigenvalue weighted by Crippen LogP contribution is -2.26. The zero-order valence-electron chi connectivity index (χ0n) is 19.4. The van der Waals surface area contributed by atoms with Gasteiger partial charge in [0.05, 0.1) is 16.5 Å². The second-order valence-electron chi connectivity index (χ2n) is 8.14. The van der Waals surface area contributed by atoms with Crippen LogP contribution in [0.4, 0.5) is 0 Å². The number of ether oxygens (including phenoxy) is 2. The van der Waals surface area contributed by atoms with Gasteiger partial charge in [0, 0.05) is 12.2 Å². The molecule has 0 radical (unpaired) electrons. The fourth-order valence-corrected chi connectivity index (χ4v) is 4.12. The Balaban J connectivity index is 1.68. The van der Waals surface area contributed by atoms with E-state index in [1.807, 2.05) is 71.3 Å². The molecule has 0 saturated carbocycles. The molecule has 0 saturated heterocycles. The molecule has 1 heterocycles. The molecule has 0 aliphatic rings. The molecule has 0 N–H and O–H groups in total. The summed E-state index contributed by atoms with van der Waals surface area (Å²) in [7, 11) is 0. The third kappa shape index (κ3) is 5.28. The predicted molar refractivity (Wildman–Crippen MR) is 134 cm³/mol. The van der Waals surface area contributed by atoms with Crippen molar-refractivity contribution in [3.05, 3.63) is 101 Å². The van der Waals surface area contributed by atoms with Crippen LogP contribution in [0.3, 0.4) is 0 Å². The van der Waals surface area contributed by atoms with Crippen molar-refractivity contribution in [2.24, 2.45) is 0 Å². The fraction of sp³-hybridized carbons (Fsp3) is 0.179. The molecule has 178 valence electrons. The Morgan fingerprint density at radius 1 is 0.886 bits per heavy atom. The first-order chi connectivity index (χ1) is 16.9. The van der Waals surface area contributed by atoms with Crippen LogP contribution >= 0.6 is 11.6 Å². The van der Waals surface area contributed by atoms with Crippen LogP contribution in [-0.4, -0.2) is 27.7 Å². The van der Waals surface area contributed by atoms with E-state index in [2.05, 4.69) is 0 Å². The largest absolute Gasteiger partial charge is 0.478 e. The summed E-state index contributed by atoms with van der Waals surface area (Å²) >= 11 is 5.60. The highest BCUT2D eigenvalue weighted by Crippen LogP contribution is 2.35. The lowest BCUT2D eigenvalue weighted by atomic mass is 10.1. The monoisotopic (exact) mass is 489 g/mol. The van der Waals surface area contributed by atoms with E-state index in [0.29, 0.717) is 28.9 Å². The Kier molecular flexibility index (Phi) is 7.32. The number of carbonyl (C=O) groups is 3. The van der Waals surface area contributed by atoms with E-state index in [-0.39, 0.29) is 12.2 Å². The third-order valence-corrected chi connectivity index (χ3v) is 5.93. The van der Waals surface area contributed by atoms with Crippen molar-refractivity contribution in [2.75, 3.05) is 0 Å². The molecule has 0 spiro atoms. The number of hydrogen-bond donors (Lipinski definition) is 0. The number of ketones is 1. The zero-order chi connectivity index (χ0) is 24.9. The van der Waals surface area contributed by atoms with Crippen LogP contribution in [0.5, 0.6) is 5.75 Å². The number of aromatic nitrogens is 1. The maximum absolute atomic E-state index is 12.8. The summed E-state index contributed by atoms with van der Waals surface area (Å²) in [6.45, 7) is 3.94. The van der Waals surface area contributed by atoms with Gasteiger partial charge in [0.2, 0.25) is 5.78 Å². The maximum atomic E-state index is 12.8. The van der Waals surface area contributed by atoms with Crippen LogP contribution in [0.25, 0.3) is 10.9 Å². The van der Waals surface area contributed by atoms with Crippen LogP contribution < -0.4 is 4.74 Å². The van der Waals surface area contributed by atoms with Crippen LogP contribution in [-0.2, 0) is 27.5 Å². The molecule has 35 heavy (non-hydrogen) atoms. The van der Waals surface area contributed by atoms with Gasteiger partial charge in [-0.05, 0) is 48.7 Å². The summed E-state index contributed by atoms with van der Waals surface area (Å²) in [5, 5.41) is -0.653. The first-order valence-corrected chi connectivity index (χ1v) is 11.5. The van der Waals surface area contributed by atoms with Crippen molar-refractivity contribution < 1.29 is 23.9 Å². The molecular formula is C28H24ClNO5. The summed E-state index contributed by atoms with van der Waals surface area (Å²) in [6, 6.07) is 24.3. The average Bonchev–Trinajstić information content (AvgIpc) is 3.15. The molecule has 0 unspecified atom stereocenters. The number of nitrogens with zero attached hydrogens (tertiary/aromatic N) is 1. The number of halogens is 1. The van der Waals surface area contributed by atoms with Crippen molar-refractivity contribution in [1.82, 2.24) is 4.57 Å². The fourth-order valence-electron chi connectivity index (χ4n) is 4.02. The number of carbonyl (C=O) groups excluding carboxylic acids is 3. The number of esters is 1. The Labute approximate surface area is 208 Å². The quantitative estimate of drug-likeness (QED) is 0.135. The van der Waals surface area contributed by atoms with Crippen molar-refractivity contribution in [3.8, 4) is 5.75 Å². The lowest BCUT2D eigenvalue weighted by Gasteiger charge is -2.15. The molecule has 1 atom stereocenters. The van der Waals surface area contributed by atoms with E-state index in [4.69, 9.17) is 21.1 Å². The SMILES string of the molecule is Cc1c(C(=O)C(=O)Cl)c2c(O[C@H](C)C(=O)OCc3ccccc3)cccc2n1Cc1ccccc1. The highest BCUT2D eigenvalue weighted by atomic mass is 35.5. The van der Waals surface area contributed by atoms with Gasteiger partial charge in [-0.3, -0.25) is 9.59 Å². The first-order valence-electron chi connectivity index (χ1n) is 11.1. The molecule has 1 aromatic heterocycles. The third-order valence-electron chi connectivity index (χ3n) is 5.76. The highest BCUT2D eigenvalue weighted by molar-refractivity contribution is 6.83. The van der Waals surface area contributed by atoms with Gasteiger partial charge < -0.3 is 14.0 Å². The van der Waals surface area contributed by atoms with Crippen LogP contribution in [0.1, 0.15) is 34.1 Å². The van der Waals surface area contributed by atoms with Gasteiger partial charge in [-0.15, -0.1) is 0 Å².